The van der Waals surface area contributed by atoms with Crippen LogP contribution in [0.25, 0.3) is 10.9 Å². The van der Waals surface area contributed by atoms with Crippen LogP contribution in [0.15, 0.2) is 29.1 Å². The summed E-state index contributed by atoms with van der Waals surface area (Å²) in [4.78, 5) is 29.1. The van der Waals surface area contributed by atoms with Crippen LogP contribution in [0.2, 0.25) is 0 Å². The van der Waals surface area contributed by atoms with Gasteiger partial charge in [0.05, 0.1) is 10.9 Å². The molecule has 0 aliphatic carbocycles. The first-order valence-corrected chi connectivity index (χ1v) is 7.84. The second-order valence-electron chi connectivity index (χ2n) is 5.50. The van der Waals surface area contributed by atoms with Crippen molar-refractivity contribution in [2.75, 3.05) is 18.6 Å². The highest BCUT2D eigenvalue weighted by Gasteiger charge is 2.21. The SMILES string of the molecule is CCn1c(NNC(=O)C2CCOCC2)nc2ccccc2c1=O. The van der Waals surface area contributed by atoms with E-state index in [0.717, 1.165) is 0 Å². The number of nitrogens with one attached hydrogen (secondary N) is 2. The summed E-state index contributed by atoms with van der Waals surface area (Å²) in [7, 11) is 0. The van der Waals surface area contributed by atoms with Gasteiger partial charge in [0, 0.05) is 25.7 Å². The molecule has 0 spiro atoms. The number of amides is 1. The van der Waals surface area contributed by atoms with Gasteiger partial charge in [0.1, 0.15) is 0 Å². The molecule has 1 fully saturated rings. The van der Waals surface area contributed by atoms with Crippen molar-refractivity contribution in [3.8, 4) is 0 Å². The quantitative estimate of drug-likeness (QED) is 0.830. The van der Waals surface area contributed by atoms with Crippen LogP contribution < -0.4 is 16.4 Å². The van der Waals surface area contributed by atoms with E-state index in [-0.39, 0.29) is 17.4 Å². The standard InChI is InChI=1S/C16H20N4O3/c1-2-20-15(22)12-5-3-4-6-13(12)17-16(20)19-18-14(21)11-7-9-23-10-8-11/h3-6,11H,2,7-10H2,1H3,(H,17,19)(H,18,21). The van der Waals surface area contributed by atoms with Gasteiger partial charge in [0.15, 0.2) is 0 Å². The summed E-state index contributed by atoms with van der Waals surface area (Å²) in [5, 5.41) is 0.565. The summed E-state index contributed by atoms with van der Waals surface area (Å²) >= 11 is 0. The van der Waals surface area contributed by atoms with Gasteiger partial charge in [-0.15, -0.1) is 0 Å². The summed E-state index contributed by atoms with van der Waals surface area (Å²) in [6, 6.07) is 7.17. The summed E-state index contributed by atoms with van der Waals surface area (Å²) < 4.78 is 6.76. The normalized spacial score (nSPS) is 15.5. The molecule has 3 rings (SSSR count). The maximum Gasteiger partial charge on any atom is 0.262 e. The molecule has 122 valence electrons. The van der Waals surface area contributed by atoms with Gasteiger partial charge in [-0.25, -0.2) is 4.98 Å². The Kier molecular flexibility index (Phi) is 4.57. The van der Waals surface area contributed by atoms with E-state index in [2.05, 4.69) is 15.8 Å². The van der Waals surface area contributed by atoms with Gasteiger partial charge in [0.25, 0.3) is 5.56 Å². The van der Waals surface area contributed by atoms with E-state index in [1.165, 1.54) is 4.57 Å². The van der Waals surface area contributed by atoms with Crippen molar-refractivity contribution in [1.82, 2.24) is 15.0 Å². The molecule has 7 heteroatoms. The van der Waals surface area contributed by atoms with Crippen molar-refractivity contribution in [1.29, 1.82) is 0 Å². The number of anilines is 1. The molecule has 1 aromatic heterocycles. The molecule has 0 atom stereocenters. The van der Waals surface area contributed by atoms with E-state index in [1.54, 1.807) is 12.1 Å². The molecule has 1 saturated heterocycles. The fourth-order valence-corrected chi connectivity index (χ4v) is 2.74. The lowest BCUT2D eigenvalue weighted by atomic mass is 10.00. The molecule has 0 bridgehead atoms. The zero-order chi connectivity index (χ0) is 16.2. The van der Waals surface area contributed by atoms with Crippen LogP contribution in [0.3, 0.4) is 0 Å². The number of hydrazine groups is 1. The number of carbonyl (C=O) groups excluding carboxylic acids is 1. The van der Waals surface area contributed by atoms with E-state index in [4.69, 9.17) is 4.74 Å². The third kappa shape index (κ3) is 3.19. The average molecular weight is 316 g/mol. The van der Waals surface area contributed by atoms with Crippen LogP contribution in [0.5, 0.6) is 0 Å². The number of hydrogen-bond acceptors (Lipinski definition) is 5. The van der Waals surface area contributed by atoms with Crippen LogP contribution in [0.1, 0.15) is 19.8 Å². The van der Waals surface area contributed by atoms with E-state index in [9.17, 15) is 9.59 Å². The molecule has 7 nitrogen and oxygen atoms in total. The summed E-state index contributed by atoms with van der Waals surface area (Å²) in [5.74, 6) is 0.175. The van der Waals surface area contributed by atoms with Gasteiger partial charge in [-0.2, -0.15) is 0 Å². The molecule has 1 amide bonds. The number of nitrogens with zero attached hydrogens (tertiary/aromatic N) is 2. The highest BCUT2D eigenvalue weighted by atomic mass is 16.5. The summed E-state index contributed by atoms with van der Waals surface area (Å²) in [5.41, 5.74) is 5.95. The van der Waals surface area contributed by atoms with Gasteiger partial charge in [-0.3, -0.25) is 25.0 Å². The van der Waals surface area contributed by atoms with Crippen molar-refractivity contribution in [2.24, 2.45) is 5.92 Å². The third-order valence-corrected chi connectivity index (χ3v) is 4.07. The van der Waals surface area contributed by atoms with Crippen LogP contribution in [0.4, 0.5) is 5.95 Å². The molecular formula is C16H20N4O3. The monoisotopic (exact) mass is 316 g/mol. The molecular weight excluding hydrogens is 296 g/mol. The molecule has 1 aliphatic heterocycles. The largest absolute Gasteiger partial charge is 0.381 e. The predicted molar refractivity (Wildman–Crippen MR) is 87.0 cm³/mol. The van der Waals surface area contributed by atoms with Gasteiger partial charge >= 0.3 is 0 Å². The molecule has 2 aromatic rings. The minimum absolute atomic E-state index is 0.0708. The number of aromatic nitrogens is 2. The molecule has 2 heterocycles. The van der Waals surface area contributed by atoms with Crippen LogP contribution >= 0.6 is 0 Å². The van der Waals surface area contributed by atoms with Crippen LogP contribution in [0, 0.1) is 5.92 Å². The number of para-hydroxylation sites is 1. The molecule has 0 saturated carbocycles. The summed E-state index contributed by atoms with van der Waals surface area (Å²) in [6.07, 6.45) is 1.42. The van der Waals surface area contributed by atoms with Gasteiger partial charge in [0.2, 0.25) is 11.9 Å². The molecule has 0 unspecified atom stereocenters. The molecule has 1 aromatic carbocycles. The Morgan fingerprint density at radius 2 is 2.09 bits per heavy atom. The maximum atomic E-state index is 12.5. The maximum absolute atomic E-state index is 12.5. The first kappa shape index (κ1) is 15.5. The molecule has 0 radical (unpaired) electrons. The summed E-state index contributed by atoms with van der Waals surface area (Å²) in [6.45, 7) is 3.54. The second kappa shape index (κ2) is 6.78. The predicted octanol–water partition coefficient (Wildman–Crippen LogP) is 1.29. The first-order valence-electron chi connectivity index (χ1n) is 7.84. The van der Waals surface area contributed by atoms with E-state index >= 15 is 0 Å². The van der Waals surface area contributed by atoms with Gasteiger partial charge in [-0.1, -0.05) is 12.1 Å². The molecule has 23 heavy (non-hydrogen) atoms. The Labute approximate surface area is 133 Å². The van der Waals surface area contributed by atoms with E-state index in [1.807, 2.05) is 19.1 Å². The highest BCUT2D eigenvalue weighted by molar-refractivity contribution is 5.81. The minimum atomic E-state index is -0.124. The first-order chi connectivity index (χ1) is 11.2. The zero-order valence-corrected chi connectivity index (χ0v) is 13.0. The minimum Gasteiger partial charge on any atom is -0.381 e. The van der Waals surface area contributed by atoms with Gasteiger partial charge in [-0.05, 0) is 31.9 Å². The average Bonchev–Trinajstić information content (AvgIpc) is 2.60. The Morgan fingerprint density at radius 3 is 2.83 bits per heavy atom. The lowest BCUT2D eigenvalue weighted by molar-refractivity contribution is -0.127. The molecule has 1 aliphatic rings. The smallest absolute Gasteiger partial charge is 0.262 e. The Hall–Kier alpha value is -2.41. The zero-order valence-electron chi connectivity index (χ0n) is 13.0. The fourth-order valence-electron chi connectivity index (χ4n) is 2.74. The Balaban J connectivity index is 1.81. The van der Waals surface area contributed by atoms with Crippen molar-refractivity contribution in [3.05, 3.63) is 34.6 Å². The van der Waals surface area contributed by atoms with Gasteiger partial charge < -0.3 is 4.74 Å². The number of ether oxygens (including phenoxy) is 1. The Morgan fingerprint density at radius 1 is 1.35 bits per heavy atom. The highest BCUT2D eigenvalue weighted by Crippen LogP contribution is 2.15. The van der Waals surface area contributed by atoms with Crippen molar-refractivity contribution < 1.29 is 9.53 Å². The van der Waals surface area contributed by atoms with E-state index < -0.39 is 0 Å². The van der Waals surface area contributed by atoms with Crippen molar-refractivity contribution >= 4 is 22.8 Å². The van der Waals surface area contributed by atoms with Crippen molar-refractivity contribution in [2.45, 2.75) is 26.3 Å². The van der Waals surface area contributed by atoms with Crippen molar-refractivity contribution in [3.63, 3.8) is 0 Å². The fraction of sp³-hybridized carbons (Fsp3) is 0.438. The van der Waals surface area contributed by atoms with E-state index in [0.29, 0.717) is 49.5 Å². The topological polar surface area (TPSA) is 85.2 Å². The number of hydrogen-bond donors (Lipinski definition) is 2. The lowest BCUT2D eigenvalue weighted by Crippen LogP contribution is -2.39. The third-order valence-electron chi connectivity index (χ3n) is 4.07. The number of carbonyl (C=O) groups is 1. The number of rotatable bonds is 4. The molecule has 2 N–H and O–H groups in total. The number of benzene rings is 1. The number of fused-ring (bicyclic) bond motifs is 1. The van der Waals surface area contributed by atoms with Crippen LogP contribution in [-0.4, -0.2) is 28.7 Å². The lowest BCUT2D eigenvalue weighted by Gasteiger charge is -2.22. The van der Waals surface area contributed by atoms with Crippen LogP contribution in [-0.2, 0) is 16.1 Å². The second-order valence-corrected chi connectivity index (χ2v) is 5.50. The Bertz CT molecular complexity index is 765.